The number of likely N-dealkylation sites (tertiary alicyclic amines) is 1. The van der Waals surface area contributed by atoms with Gasteiger partial charge in [-0.1, -0.05) is 6.07 Å². The van der Waals surface area contributed by atoms with Crippen LogP contribution in [0.2, 0.25) is 0 Å². The number of carboxylic acid groups (broad SMARTS) is 1. The second-order valence-corrected chi connectivity index (χ2v) is 10.2. The number of aliphatic carboxylic acids is 1. The zero-order chi connectivity index (χ0) is 29.1. The van der Waals surface area contributed by atoms with Crippen molar-refractivity contribution in [2.75, 3.05) is 13.6 Å². The highest BCUT2D eigenvalue weighted by Crippen LogP contribution is 2.65. The number of phenols is 1. The number of nitrogens with one attached hydrogen (secondary N) is 1. The molecule has 1 aromatic carbocycles. The van der Waals surface area contributed by atoms with Crippen LogP contribution in [0.15, 0.2) is 24.0 Å². The largest absolute Gasteiger partial charge is 0.504 e. The normalized spacial score (nSPS) is 29.9. The number of nitrogens with zero attached hydrogens (tertiary/aromatic N) is 1. The molecular formula is C25H29F3N2O9. The van der Waals surface area contributed by atoms with Crippen LogP contribution in [0, 0.1) is 0 Å². The highest BCUT2D eigenvalue weighted by Gasteiger charge is 2.72. The minimum atomic E-state index is -5.08. The van der Waals surface area contributed by atoms with Gasteiger partial charge in [-0.15, -0.1) is 0 Å². The number of hydrogen-bond acceptors (Lipinski definition) is 9. The van der Waals surface area contributed by atoms with Gasteiger partial charge in [-0.2, -0.15) is 13.2 Å². The number of halogens is 3. The lowest BCUT2D eigenvalue weighted by Crippen LogP contribution is -2.74. The van der Waals surface area contributed by atoms with E-state index in [0.29, 0.717) is 18.6 Å². The van der Waals surface area contributed by atoms with Crippen LogP contribution in [-0.4, -0.2) is 92.8 Å². The lowest BCUT2D eigenvalue weighted by molar-refractivity contribution is -0.192. The van der Waals surface area contributed by atoms with E-state index in [1.165, 1.54) is 13.8 Å². The van der Waals surface area contributed by atoms with E-state index in [4.69, 9.17) is 19.4 Å². The first kappa shape index (κ1) is 28.6. The number of aliphatic hydroxyl groups excluding tert-OH is 1. The third kappa shape index (κ3) is 4.49. The average Bonchev–Trinajstić information content (AvgIpc) is 3.20. The summed E-state index contributed by atoms with van der Waals surface area (Å²) >= 11 is 0. The Labute approximate surface area is 220 Å². The quantitative estimate of drug-likeness (QED) is 0.333. The molecule has 4 aliphatic rings. The van der Waals surface area contributed by atoms with Crippen molar-refractivity contribution in [3.8, 4) is 11.5 Å². The third-order valence-corrected chi connectivity index (χ3v) is 7.91. The van der Waals surface area contributed by atoms with Gasteiger partial charge in [-0.25, -0.2) is 9.59 Å². The average molecular weight is 559 g/mol. The van der Waals surface area contributed by atoms with Crippen LogP contribution in [0.1, 0.15) is 37.8 Å². The number of carbonyl (C=O) groups excluding carboxylic acids is 2. The maximum atomic E-state index is 12.7. The van der Waals surface area contributed by atoms with E-state index in [1.807, 2.05) is 13.1 Å². The van der Waals surface area contributed by atoms with Crippen molar-refractivity contribution in [2.24, 2.45) is 0 Å². The molecule has 0 saturated carbocycles. The number of esters is 1. The Morgan fingerprint density at radius 3 is 2.49 bits per heavy atom. The zero-order valence-corrected chi connectivity index (χ0v) is 21.3. The Balaban J connectivity index is 0.000000448. The molecule has 6 atom stereocenters. The molecule has 5 N–H and O–H groups in total. The molecule has 0 radical (unpaired) electrons. The molecule has 2 unspecified atom stereocenters. The van der Waals surface area contributed by atoms with Crippen molar-refractivity contribution in [3.63, 3.8) is 0 Å². The third-order valence-electron chi connectivity index (χ3n) is 7.91. The fraction of sp³-hybridized carbons (Fsp3) is 0.560. The smallest absolute Gasteiger partial charge is 0.490 e. The van der Waals surface area contributed by atoms with Crippen molar-refractivity contribution in [1.29, 1.82) is 0 Å². The zero-order valence-electron chi connectivity index (χ0n) is 21.3. The van der Waals surface area contributed by atoms with Crippen molar-refractivity contribution in [2.45, 2.75) is 74.6 Å². The molecule has 5 rings (SSSR count). The number of benzene rings is 1. The Hall–Kier alpha value is -3.36. The van der Waals surface area contributed by atoms with E-state index in [2.05, 4.69) is 10.2 Å². The molecular weight excluding hydrogens is 529 g/mol. The first-order valence-corrected chi connectivity index (χ1v) is 12.2. The van der Waals surface area contributed by atoms with Crippen molar-refractivity contribution in [1.82, 2.24) is 10.2 Å². The minimum Gasteiger partial charge on any atom is -0.504 e. The van der Waals surface area contributed by atoms with Crippen molar-refractivity contribution >= 4 is 17.8 Å². The summed E-state index contributed by atoms with van der Waals surface area (Å²) in [5.41, 5.74) is -0.153. The van der Waals surface area contributed by atoms with E-state index in [1.54, 1.807) is 12.1 Å². The monoisotopic (exact) mass is 558 g/mol. The molecule has 1 fully saturated rings. The number of rotatable bonds is 4. The van der Waals surface area contributed by atoms with Gasteiger partial charge in [0.15, 0.2) is 17.6 Å². The molecule has 0 aromatic heterocycles. The number of carboxylic acids is 1. The summed E-state index contributed by atoms with van der Waals surface area (Å²) in [4.78, 5) is 35.5. The molecule has 1 spiro atoms. The topological polar surface area (TPSA) is 166 Å². The van der Waals surface area contributed by atoms with E-state index in [-0.39, 0.29) is 24.0 Å². The van der Waals surface area contributed by atoms with Gasteiger partial charge in [0.1, 0.15) is 17.9 Å². The molecule has 11 nitrogen and oxygen atoms in total. The first-order valence-electron chi connectivity index (χ1n) is 12.2. The molecule has 1 saturated heterocycles. The molecule has 14 heteroatoms. The fourth-order valence-electron chi connectivity index (χ4n) is 6.03. The van der Waals surface area contributed by atoms with Crippen LogP contribution >= 0.6 is 0 Å². The van der Waals surface area contributed by atoms with Gasteiger partial charge in [0.25, 0.3) is 0 Å². The van der Waals surface area contributed by atoms with Crippen LogP contribution < -0.4 is 10.1 Å². The molecule has 2 heterocycles. The molecule has 39 heavy (non-hydrogen) atoms. The van der Waals surface area contributed by atoms with Crippen LogP contribution in [0.3, 0.4) is 0 Å². The molecule has 2 bridgehead atoms. The predicted octanol–water partition coefficient (Wildman–Crippen LogP) is 0.732. The summed E-state index contributed by atoms with van der Waals surface area (Å²) in [6.45, 7) is 3.51. The van der Waals surface area contributed by atoms with Gasteiger partial charge in [0.2, 0.25) is 5.91 Å². The number of phenolic OH excluding ortho intramolecular Hbond substituents is 1. The summed E-state index contributed by atoms with van der Waals surface area (Å²) in [7, 11) is 2.00. The number of aromatic hydroxyl groups is 1. The second kappa shape index (κ2) is 9.68. The standard InChI is InChI=1S/C23H28N2O7.C2HF3O2/c1-11(24-20(28)12(2)26)21(29)31-15-6-7-23(30)16-10-13-4-5-14(27)18-17(13)22(23,19(15)32-18)8-9-25(16)3;3-2(4,5)1(6)7/h4-6,11-12,16,19,26-27,30H,7-10H2,1-3H3,(H,24,28);(H,6,7)/t11?,12?,16-,19+,22+,23-;/m1./s1. The van der Waals surface area contributed by atoms with Gasteiger partial charge in [-0.05, 0) is 58.0 Å². The molecule has 2 aliphatic carbocycles. The van der Waals surface area contributed by atoms with Gasteiger partial charge < -0.3 is 40.1 Å². The van der Waals surface area contributed by atoms with Gasteiger partial charge in [0, 0.05) is 18.0 Å². The molecule has 214 valence electrons. The minimum absolute atomic E-state index is 0.00417. The summed E-state index contributed by atoms with van der Waals surface area (Å²) < 4.78 is 43.6. The SMILES string of the molecule is CC(O)C(=O)NC(C)C(=O)OC1=CC[C@@]2(O)[C@H]3Cc4ccc(O)c5c4[C@@]2(CCN3C)[C@H]1O5.O=C(O)C(F)(F)F. The lowest BCUT2D eigenvalue weighted by Gasteiger charge is -2.61. The Bertz CT molecular complexity index is 1230. The summed E-state index contributed by atoms with van der Waals surface area (Å²) in [5, 5.41) is 41.5. The van der Waals surface area contributed by atoms with Crippen molar-refractivity contribution in [3.05, 3.63) is 35.1 Å². The maximum Gasteiger partial charge on any atom is 0.490 e. The number of aliphatic hydroxyl groups is 2. The molecule has 1 amide bonds. The van der Waals surface area contributed by atoms with Crippen LogP contribution in [-0.2, 0) is 31.0 Å². The fourth-order valence-corrected chi connectivity index (χ4v) is 6.03. The highest BCUT2D eigenvalue weighted by molar-refractivity contribution is 5.86. The van der Waals surface area contributed by atoms with Crippen LogP contribution in [0.4, 0.5) is 13.2 Å². The highest BCUT2D eigenvalue weighted by atomic mass is 19.4. The summed E-state index contributed by atoms with van der Waals surface area (Å²) in [5.74, 6) is -3.53. The number of likely N-dealkylation sites (N-methyl/N-ethyl adjacent to an activating group) is 1. The second-order valence-electron chi connectivity index (χ2n) is 10.2. The van der Waals surface area contributed by atoms with E-state index >= 15 is 0 Å². The first-order chi connectivity index (χ1) is 18.0. The number of ether oxygens (including phenoxy) is 2. The molecule has 1 aromatic rings. The Morgan fingerprint density at radius 1 is 1.26 bits per heavy atom. The number of amides is 1. The number of carbonyl (C=O) groups is 3. The van der Waals surface area contributed by atoms with Gasteiger partial charge >= 0.3 is 18.1 Å². The Kier molecular flexibility index (Phi) is 7.11. The Morgan fingerprint density at radius 2 is 1.90 bits per heavy atom. The number of alkyl halides is 3. The van der Waals surface area contributed by atoms with Gasteiger partial charge in [-0.3, -0.25) is 4.79 Å². The van der Waals surface area contributed by atoms with E-state index in [0.717, 1.165) is 17.7 Å². The van der Waals surface area contributed by atoms with Crippen LogP contribution in [0.25, 0.3) is 0 Å². The van der Waals surface area contributed by atoms with Gasteiger partial charge in [0.05, 0.1) is 11.0 Å². The maximum absolute atomic E-state index is 12.7. The molecule has 2 aliphatic heterocycles. The lowest BCUT2D eigenvalue weighted by atomic mass is 9.50. The predicted molar refractivity (Wildman–Crippen MR) is 126 cm³/mol. The van der Waals surface area contributed by atoms with E-state index in [9.17, 15) is 38.1 Å². The summed E-state index contributed by atoms with van der Waals surface area (Å²) in [6, 6.07) is 2.36. The summed E-state index contributed by atoms with van der Waals surface area (Å²) in [6.07, 6.45) is -3.94. The number of hydrogen-bond donors (Lipinski definition) is 5. The van der Waals surface area contributed by atoms with E-state index < -0.39 is 53.3 Å². The van der Waals surface area contributed by atoms with Crippen molar-refractivity contribution < 1.29 is 57.5 Å². The van der Waals surface area contributed by atoms with Crippen LogP contribution in [0.5, 0.6) is 11.5 Å². The number of piperidine rings is 1.